The van der Waals surface area contributed by atoms with E-state index in [0.29, 0.717) is 6.54 Å². The minimum absolute atomic E-state index is 0.0839. The number of rotatable bonds is 5. The van der Waals surface area contributed by atoms with Crippen LogP contribution in [0.5, 0.6) is 0 Å². The molecular weight excluding hydrogens is 300 g/mol. The SMILES string of the molecule is Cc1ccc(NC2(C(=O)NCc3c(C)n[nH]c3C)CCCC2)cc1. The highest BCUT2D eigenvalue weighted by Gasteiger charge is 2.41. The third-order valence-electron chi connectivity index (χ3n) is 5.03. The number of hydrogen-bond acceptors (Lipinski definition) is 3. The Labute approximate surface area is 143 Å². The lowest BCUT2D eigenvalue weighted by molar-refractivity contribution is -0.125. The molecular formula is C19H26N4O. The van der Waals surface area contributed by atoms with Crippen molar-refractivity contribution in [3.05, 3.63) is 46.8 Å². The van der Waals surface area contributed by atoms with Crippen molar-refractivity contribution in [2.45, 2.75) is 58.5 Å². The van der Waals surface area contributed by atoms with Crippen molar-refractivity contribution < 1.29 is 4.79 Å². The van der Waals surface area contributed by atoms with E-state index < -0.39 is 5.54 Å². The molecule has 1 heterocycles. The summed E-state index contributed by atoms with van der Waals surface area (Å²) < 4.78 is 0. The maximum absolute atomic E-state index is 13.0. The van der Waals surface area contributed by atoms with Crippen LogP contribution in [0.25, 0.3) is 0 Å². The molecule has 1 fully saturated rings. The van der Waals surface area contributed by atoms with E-state index in [1.807, 2.05) is 26.0 Å². The molecule has 128 valence electrons. The summed E-state index contributed by atoms with van der Waals surface area (Å²) in [6.45, 7) is 6.53. The largest absolute Gasteiger partial charge is 0.371 e. The maximum Gasteiger partial charge on any atom is 0.245 e. The molecule has 1 aliphatic rings. The van der Waals surface area contributed by atoms with Crippen molar-refractivity contribution in [2.75, 3.05) is 5.32 Å². The number of aromatic amines is 1. The highest BCUT2D eigenvalue weighted by molar-refractivity contribution is 5.89. The predicted molar refractivity (Wildman–Crippen MR) is 95.9 cm³/mol. The van der Waals surface area contributed by atoms with Gasteiger partial charge in [0.1, 0.15) is 5.54 Å². The molecule has 0 saturated heterocycles. The molecule has 1 amide bonds. The van der Waals surface area contributed by atoms with Gasteiger partial charge in [0.05, 0.1) is 5.69 Å². The lowest BCUT2D eigenvalue weighted by Gasteiger charge is -2.30. The van der Waals surface area contributed by atoms with E-state index >= 15 is 0 Å². The van der Waals surface area contributed by atoms with Gasteiger partial charge in [-0.15, -0.1) is 0 Å². The molecule has 0 atom stereocenters. The monoisotopic (exact) mass is 326 g/mol. The smallest absolute Gasteiger partial charge is 0.245 e. The third-order valence-corrected chi connectivity index (χ3v) is 5.03. The Bertz CT molecular complexity index is 692. The second-order valence-electron chi connectivity index (χ2n) is 6.88. The van der Waals surface area contributed by atoms with E-state index in [-0.39, 0.29) is 5.91 Å². The second-order valence-corrected chi connectivity index (χ2v) is 6.88. The molecule has 0 aliphatic heterocycles. The van der Waals surface area contributed by atoms with Gasteiger partial charge in [0, 0.05) is 23.5 Å². The van der Waals surface area contributed by atoms with Crippen LogP contribution in [0.15, 0.2) is 24.3 Å². The minimum atomic E-state index is -0.499. The fraction of sp³-hybridized carbons (Fsp3) is 0.474. The number of H-pyrrole nitrogens is 1. The predicted octanol–water partition coefficient (Wildman–Crippen LogP) is 3.38. The Morgan fingerprint density at radius 1 is 1.17 bits per heavy atom. The molecule has 0 unspecified atom stereocenters. The van der Waals surface area contributed by atoms with E-state index in [1.54, 1.807) is 0 Å². The highest BCUT2D eigenvalue weighted by Crippen LogP contribution is 2.33. The summed E-state index contributed by atoms with van der Waals surface area (Å²) in [5.41, 5.74) is 4.76. The van der Waals surface area contributed by atoms with E-state index in [9.17, 15) is 4.79 Å². The molecule has 3 N–H and O–H groups in total. The number of amides is 1. The van der Waals surface area contributed by atoms with Crippen molar-refractivity contribution in [3.63, 3.8) is 0 Å². The molecule has 1 aromatic heterocycles. The van der Waals surface area contributed by atoms with Crippen LogP contribution >= 0.6 is 0 Å². The Morgan fingerprint density at radius 2 is 1.83 bits per heavy atom. The van der Waals surface area contributed by atoms with Gasteiger partial charge in [-0.1, -0.05) is 30.5 Å². The first kappa shape index (κ1) is 16.6. The van der Waals surface area contributed by atoms with Gasteiger partial charge in [-0.3, -0.25) is 9.89 Å². The summed E-state index contributed by atoms with van der Waals surface area (Å²) in [5, 5.41) is 13.8. The molecule has 3 rings (SSSR count). The van der Waals surface area contributed by atoms with Crippen LogP contribution in [-0.2, 0) is 11.3 Å². The normalized spacial score (nSPS) is 16.1. The fourth-order valence-electron chi connectivity index (χ4n) is 3.47. The number of carbonyl (C=O) groups excluding carboxylic acids is 1. The zero-order valence-corrected chi connectivity index (χ0v) is 14.7. The summed E-state index contributed by atoms with van der Waals surface area (Å²) in [5.74, 6) is 0.0839. The van der Waals surface area contributed by atoms with Crippen molar-refractivity contribution >= 4 is 11.6 Å². The molecule has 0 bridgehead atoms. The van der Waals surface area contributed by atoms with E-state index in [4.69, 9.17) is 0 Å². The zero-order valence-electron chi connectivity index (χ0n) is 14.7. The molecule has 1 saturated carbocycles. The fourth-order valence-corrected chi connectivity index (χ4v) is 3.47. The van der Waals surface area contributed by atoms with Crippen LogP contribution in [0, 0.1) is 20.8 Å². The van der Waals surface area contributed by atoms with Gasteiger partial charge in [-0.25, -0.2) is 0 Å². The quantitative estimate of drug-likeness (QED) is 0.789. The topological polar surface area (TPSA) is 69.8 Å². The summed E-state index contributed by atoms with van der Waals surface area (Å²) in [6, 6.07) is 8.24. The minimum Gasteiger partial charge on any atom is -0.371 e. The van der Waals surface area contributed by atoms with Gasteiger partial charge in [-0.05, 0) is 45.7 Å². The zero-order chi connectivity index (χ0) is 17.2. The molecule has 5 nitrogen and oxygen atoms in total. The van der Waals surface area contributed by atoms with Crippen LogP contribution in [0.4, 0.5) is 5.69 Å². The number of aryl methyl sites for hydroxylation is 3. The molecule has 0 spiro atoms. The van der Waals surface area contributed by atoms with Crippen LogP contribution in [0.2, 0.25) is 0 Å². The first-order chi connectivity index (χ1) is 11.5. The number of carbonyl (C=O) groups is 1. The van der Waals surface area contributed by atoms with Gasteiger partial charge in [0.2, 0.25) is 5.91 Å². The number of hydrogen-bond donors (Lipinski definition) is 3. The Hall–Kier alpha value is -2.30. The molecule has 1 aliphatic carbocycles. The van der Waals surface area contributed by atoms with Gasteiger partial charge in [0.25, 0.3) is 0 Å². The first-order valence-corrected chi connectivity index (χ1v) is 8.64. The summed E-state index contributed by atoms with van der Waals surface area (Å²) in [7, 11) is 0. The van der Waals surface area contributed by atoms with Crippen molar-refractivity contribution in [1.29, 1.82) is 0 Å². The van der Waals surface area contributed by atoms with Gasteiger partial charge in [-0.2, -0.15) is 5.10 Å². The third kappa shape index (κ3) is 3.30. The molecule has 24 heavy (non-hydrogen) atoms. The van der Waals surface area contributed by atoms with Gasteiger partial charge in [0.15, 0.2) is 0 Å². The Balaban J connectivity index is 1.72. The van der Waals surface area contributed by atoms with Gasteiger partial charge < -0.3 is 10.6 Å². The number of benzene rings is 1. The average Bonchev–Trinajstić information content (AvgIpc) is 3.16. The number of nitrogens with zero attached hydrogens (tertiary/aromatic N) is 1. The Morgan fingerprint density at radius 3 is 2.42 bits per heavy atom. The van der Waals surface area contributed by atoms with Crippen LogP contribution < -0.4 is 10.6 Å². The average molecular weight is 326 g/mol. The van der Waals surface area contributed by atoms with Crippen LogP contribution in [0.3, 0.4) is 0 Å². The molecule has 5 heteroatoms. The van der Waals surface area contributed by atoms with Crippen molar-refractivity contribution in [1.82, 2.24) is 15.5 Å². The van der Waals surface area contributed by atoms with E-state index in [0.717, 1.165) is 48.3 Å². The molecule has 0 radical (unpaired) electrons. The van der Waals surface area contributed by atoms with E-state index in [1.165, 1.54) is 5.56 Å². The summed E-state index contributed by atoms with van der Waals surface area (Å²) >= 11 is 0. The number of anilines is 1. The highest BCUT2D eigenvalue weighted by atomic mass is 16.2. The summed E-state index contributed by atoms with van der Waals surface area (Å²) in [4.78, 5) is 13.0. The maximum atomic E-state index is 13.0. The van der Waals surface area contributed by atoms with Crippen molar-refractivity contribution in [3.8, 4) is 0 Å². The first-order valence-electron chi connectivity index (χ1n) is 8.64. The molecule has 1 aromatic carbocycles. The number of nitrogens with one attached hydrogen (secondary N) is 3. The van der Waals surface area contributed by atoms with Crippen molar-refractivity contribution in [2.24, 2.45) is 0 Å². The van der Waals surface area contributed by atoms with Gasteiger partial charge >= 0.3 is 0 Å². The lowest BCUT2D eigenvalue weighted by Crippen LogP contribution is -2.50. The van der Waals surface area contributed by atoms with Crippen LogP contribution in [0.1, 0.15) is 48.2 Å². The Kier molecular flexibility index (Phi) is 4.60. The number of aromatic nitrogens is 2. The molecule has 2 aromatic rings. The standard InChI is InChI=1S/C19H26N4O/c1-13-6-8-16(9-7-13)21-19(10-4-5-11-19)18(24)20-12-17-14(2)22-23-15(17)3/h6-9,21H,4-5,10-12H2,1-3H3,(H,20,24)(H,22,23). The lowest BCUT2D eigenvalue weighted by atomic mass is 9.95. The second kappa shape index (κ2) is 6.67. The van der Waals surface area contributed by atoms with Crippen LogP contribution in [-0.4, -0.2) is 21.6 Å². The van der Waals surface area contributed by atoms with E-state index in [2.05, 4.69) is 39.9 Å². The summed E-state index contributed by atoms with van der Waals surface area (Å²) in [6.07, 6.45) is 3.90.